The molecule has 1 fully saturated rings. The molecule has 1 aromatic heterocycles. The third-order valence-corrected chi connectivity index (χ3v) is 4.65. The number of hydrogen-bond donors (Lipinski definition) is 2. The summed E-state index contributed by atoms with van der Waals surface area (Å²) in [5, 5.41) is 4.85. The highest BCUT2D eigenvalue weighted by Gasteiger charge is 2.28. The Kier molecular flexibility index (Phi) is 5.23. The third-order valence-electron chi connectivity index (χ3n) is 4.65. The van der Waals surface area contributed by atoms with E-state index in [2.05, 4.69) is 33.5 Å². The second-order valence-electron chi connectivity index (χ2n) is 6.28. The molecule has 0 aromatic carbocycles. The van der Waals surface area contributed by atoms with Crippen LogP contribution in [0.2, 0.25) is 0 Å². The van der Waals surface area contributed by atoms with Crippen molar-refractivity contribution in [3.63, 3.8) is 0 Å². The average molecular weight is 342 g/mol. The Labute approximate surface area is 146 Å². The summed E-state index contributed by atoms with van der Waals surface area (Å²) in [5.41, 5.74) is 2.53. The van der Waals surface area contributed by atoms with Crippen molar-refractivity contribution in [2.24, 2.45) is 0 Å². The number of imide groups is 1. The van der Waals surface area contributed by atoms with Gasteiger partial charge in [0.25, 0.3) is 5.91 Å². The molecule has 3 amide bonds. The summed E-state index contributed by atoms with van der Waals surface area (Å²) in [4.78, 5) is 41.7. The van der Waals surface area contributed by atoms with Crippen molar-refractivity contribution in [3.8, 4) is 0 Å². The Morgan fingerprint density at radius 3 is 2.80 bits per heavy atom. The number of aromatic nitrogens is 1. The van der Waals surface area contributed by atoms with E-state index in [1.165, 1.54) is 5.57 Å². The first kappa shape index (κ1) is 17.3. The molecular weight excluding hydrogens is 320 g/mol. The molecule has 3 rings (SSSR count). The van der Waals surface area contributed by atoms with Gasteiger partial charge in [0.15, 0.2) is 0 Å². The highest BCUT2D eigenvalue weighted by Crippen LogP contribution is 2.21. The Hall–Kier alpha value is -2.54. The van der Waals surface area contributed by atoms with Gasteiger partial charge in [-0.3, -0.25) is 29.6 Å². The number of piperidine rings is 1. The molecule has 3 heterocycles. The molecule has 0 radical (unpaired) electrons. The fourth-order valence-corrected chi connectivity index (χ4v) is 3.04. The lowest BCUT2D eigenvalue weighted by Gasteiger charge is -2.24. The molecule has 1 aromatic rings. The topological polar surface area (TPSA) is 91.4 Å². The average Bonchev–Trinajstić information content (AvgIpc) is 2.64. The molecule has 1 atom stereocenters. The van der Waals surface area contributed by atoms with Crippen molar-refractivity contribution in [1.29, 1.82) is 0 Å². The summed E-state index contributed by atoms with van der Waals surface area (Å²) >= 11 is 0. The number of likely N-dealkylation sites (N-methyl/N-ethyl adjacent to an activating group) is 1. The first-order valence-corrected chi connectivity index (χ1v) is 8.59. The van der Waals surface area contributed by atoms with E-state index in [4.69, 9.17) is 0 Å². The summed E-state index contributed by atoms with van der Waals surface area (Å²) in [5.74, 6) is -1.18. The van der Waals surface area contributed by atoms with Gasteiger partial charge < -0.3 is 5.32 Å². The van der Waals surface area contributed by atoms with Crippen LogP contribution in [0.3, 0.4) is 0 Å². The van der Waals surface area contributed by atoms with E-state index in [1.807, 2.05) is 6.07 Å². The normalized spacial score (nSPS) is 21.5. The van der Waals surface area contributed by atoms with E-state index in [0.717, 1.165) is 31.6 Å². The smallest absolute Gasteiger partial charge is 0.270 e. The SMILES string of the molecule is CCN1CC=C(c2ccc(C(=O)NC3CCC(=O)NC3=O)nc2)CC1. The molecule has 25 heavy (non-hydrogen) atoms. The van der Waals surface area contributed by atoms with E-state index in [-0.39, 0.29) is 18.0 Å². The van der Waals surface area contributed by atoms with Crippen LogP contribution in [0.4, 0.5) is 0 Å². The molecule has 1 saturated heterocycles. The summed E-state index contributed by atoms with van der Waals surface area (Å²) in [6, 6.07) is 2.87. The van der Waals surface area contributed by atoms with Gasteiger partial charge in [-0.05, 0) is 36.6 Å². The third kappa shape index (κ3) is 4.11. The molecule has 0 bridgehead atoms. The number of pyridine rings is 1. The molecule has 0 aliphatic carbocycles. The highest BCUT2D eigenvalue weighted by atomic mass is 16.2. The van der Waals surface area contributed by atoms with E-state index in [1.54, 1.807) is 12.3 Å². The van der Waals surface area contributed by atoms with Crippen molar-refractivity contribution in [2.45, 2.75) is 32.2 Å². The van der Waals surface area contributed by atoms with Crippen LogP contribution in [-0.2, 0) is 9.59 Å². The Bertz CT molecular complexity index is 712. The lowest BCUT2D eigenvalue weighted by Crippen LogP contribution is -2.52. The maximum absolute atomic E-state index is 12.2. The van der Waals surface area contributed by atoms with Crippen LogP contribution in [0.15, 0.2) is 24.4 Å². The number of carbonyl (C=O) groups excluding carboxylic acids is 3. The van der Waals surface area contributed by atoms with Crippen LogP contribution in [0.1, 0.15) is 42.2 Å². The first-order valence-electron chi connectivity index (χ1n) is 8.59. The zero-order chi connectivity index (χ0) is 17.8. The van der Waals surface area contributed by atoms with Gasteiger partial charge in [-0.25, -0.2) is 0 Å². The number of hydrogen-bond acceptors (Lipinski definition) is 5. The largest absolute Gasteiger partial charge is 0.339 e. The van der Waals surface area contributed by atoms with Crippen LogP contribution in [0.5, 0.6) is 0 Å². The molecule has 7 nitrogen and oxygen atoms in total. The molecule has 132 valence electrons. The number of carbonyl (C=O) groups is 3. The van der Waals surface area contributed by atoms with Crippen molar-refractivity contribution in [2.75, 3.05) is 19.6 Å². The van der Waals surface area contributed by atoms with Crippen LogP contribution < -0.4 is 10.6 Å². The monoisotopic (exact) mass is 342 g/mol. The van der Waals surface area contributed by atoms with Crippen LogP contribution in [0, 0.1) is 0 Å². The molecule has 2 aliphatic rings. The first-order chi connectivity index (χ1) is 12.1. The van der Waals surface area contributed by atoms with Gasteiger partial charge in [-0.2, -0.15) is 0 Å². The van der Waals surface area contributed by atoms with E-state index in [9.17, 15) is 14.4 Å². The standard InChI is InChI=1S/C18H22N4O3/c1-2-22-9-7-12(8-10-22)13-3-4-14(19-11-13)17(24)20-15-5-6-16(23)21-18(15)25/h3-4,7,11,15H,2,5-6,8-10H2,1H3,(H,20,24)(H,21,23,25). The highest BCUT2D eigenvalue weighted by molar-refractivity contribution is 6.03. The molecular formula is C18H22N4O3. The molecule has 0 spiro atoms. The van der Waals surface area contributed by atoms with Crippen molar-refractivity contribution in [1.82, 2.24) is 20.5 Å². The van der Waals surface area contributed by atoms with Crippen molar-refractivity contribution in [3.05, 3.63) is 35.7 Å². The molecule has 7 heteroatoms. The van der Waals surface area contributed by atoms with Gasteiger partial charge in [-0.1, -0.05) is 19.1 Å². The van der Waals surface area contributed by atoms with Gasteiger partial charge in [0.2, 0.25) is 11.8 Å². The summed E-state index contributed by atoms with van der Waals surface area (Å²) in [6.45, 7) is 5.15. The minimum atomic E-state index is -0.687. The predicted molar refractivity (Wildman–Crippen MR) is 92.6 cm³/mol. The Morgan fingerprint density at radius 2 is 2.20 bits per heavy atom. The second kappa shape index (κ2) is 7.57. The van der Waals surface area contributed by atoms with E-state index < -0.39 is 17.9 Å². The van der Waals surface area contributed by atoms with Gasteiger partial charge in [0.1, 0.15) is 11.7 Å². The Morgan fingerprint density at radius 1 is 1.36 bits per heavy atom. The van der Waals surface area contributed by atoms with Crippen LogP contribution in [-0.4, -0.2) is 53.3 Å². The van der Waals surface area contributed by atoms with Crippen molar-refractivity contribution < 1.29 is 14.4 Å². The molecule has 0 saturated carbocycles. The van der Waals surface area contributed by atoms with E-state index in [0.29, 0.717) is 6.42 Å². The summed E-state index contributed by atoms with van der Waals surface area (Å²) in [6.07, 6.45) is 5.42. The minimum Gasteiger partial charge on any atom is -0.339 e. The van der Waals surface area contributed by atoms with Gasteiger partial charge in [0.05, 0.1) is 0 Å². The zero-order valence-electron chi connectivity index (χ0n) is 14.2. The molecule has 2 aliphatic heterocycles. The maximum atomic E-state index is 12.2. The second-order valence-corrected chi connectivity index (χ2v) is 6.28. The van der Waals surface area contributed by atoms with Gasteiger partial charge in [0, 0.05) is 25.7 Å². The lowest BCUT2D eigenvalue weighted by atomic mass is 10.0. The quantitative estimate of drug-likeness (QED) is 0.787. The summed E-state index contributed by atoms with van der Waals surface area (Å²) < 4.78 is 0. The predicted octanol–water partition coefficient (Wildman–Crippen LogP) is 0.726. The van der Waals surface area contributed by atoms with Crippen molar-refractivity contribution >= 4 is 23.3 Å². The number of nitrogens with one attached hydrogen (secondary N) is 2. The Balaban J connectivity index is 1.62. The fraction of sp³-hybridized carbons (Fsp3) is 0.444. The minimum absolute atomic E-state index is 0.228. The van der Waals surface area contributed by atoms with Gasteiger partial charge in [-0.15, -0.1) is 0 Å². The number of rotatable bonds is 4. The van der Waals surface area contributed by atoms with E-state index >= 15 is 0 Å². The number of amides is 3. The molecule has 1 unspecified atom stereocenters. The molecule has 2 N–H and O–H groups in total. The fourth-order valence-electron chi connectivity index (χ4n) is 3.04. The lowest BCUT2D eigenvalue weighted by molar-refractivity contribution is -0.134. The van der Waals surface area contributed by atoms with Crippen LogP contribution in [0.25, 0.3) is 5.57 Å². The van der Waals surface area contributed by atoms with Gasteiger partial charge >= 0.3 is 0 Å². The zero-order valence-corrected chi connectivity index (χ0v) is 14.2. The number of nitrogens with zero attached hydrogens (tertiary/aromatic N) is 2. The maximum Gasteiger partial charge on any atom is 0.270 e. The van der Waals surface area contributed by atoms with Crippen LogP contribution >= 0.6 is 0 Å². The summed E-state index contributed by atoms with van der Waals surface area (Å²) in [7, 11) is 0.